The van der Waals surface area contributed by atoms with Crippen LogP contribution >= 0.6 is 0 Å². The van der Waals surface area contributed by atoms with Gasteiger partial charge in [-0.05, 0) is 30.5 Å². The van der Waals surface area contributed by atoms with Gasteiger partial charge in [0.1, 0.15) is 5.82 Å². The van der Waals surface area contributed by atoms with Crippen LogP contribution in [0.4, 0.5) is 18.9 Å². The smallest absolute Gasteiger partial charge is 0.292 e. The zero-order valence-electron chi connectivity index (χ0n) is 22.0. The monoisotopic (exact) mass is 567 g/mol. The van der Waals surface area contributed by atoms with E-state index in [0.29, 0.717) is 17.7 Å². The number of rotatable bonds is 9. The minimum atomic E-state index is -5.55. The van der Waals surface area contributed by atoms with Crippen molar-refractivity contribution in [3.05, 3.63) is 95.9 Å². The first-order valence-electron chi connectivity index (χ1n) is 12.9. The molecule has 5 rings (SSSR count). The molecule has 3 aromatic carbocycles. The quantitative estimate of drug-likeness (QED) is 0.212. The Bertz CT molecular complexity index is 1740. The number of halogens is 3. The van der Waals surface area contributed by atoms with Gasteiger partial charge in [0.05, 0.1) is 23.6 Å². The van der Waals surface area contributed by atoms with E-state index in [9.17, 15) is 21.6 Å². The summed E-state index contributed by atoms with van der Waals surface area (Å²) >= 11 is 0. The van der Waals surface area contributed by atoms with Gasteiger partial charge in [0.2, 0.25) is 5.78 Å². The first-order chi connectivity index (χ1) is 19.1. The first kappa shape index (κ1) is 27.4. The molecule has 2 aromatic heterocycles. The van der Waals surface area contributed by atoms with Gasteiger partial charge in [0.25, 0.3) is 0 Å². The number of benzene rings is 3. The summed E-state index contributed by atoms with van der Waals surface area (Å²) in [5.74, 6) is 1.65. The maximum absolute atomic E-state index is 13.0. The van der Waals surface area contributed by atoms with Gasteiger partial charge in [-0.1, -0.05) is 86.1 Å². The second kappa shape index (κ2) is 10.8. The Kier molecular flexibility index (Phi) is 7.41. The standard InChI is InChI=1S/C29H28F3N5O2S/c1-3-4-14-26-34-37-20(2)27(23-10-6-5-7-11-23)33-28(37)36(26)19-21-15-17-22(18-16-21)24-12-8-9-13-25(24)35-40(38,39)29(30,31)32/h5-13,15-18,35H,3-4,14,19H2,1-2H3. The normalized spacial score (nSPS) is 12.2. The van der Waals surface area contributed by atoms with E-state index in [1.54, 1.807) is 29.0 Å². The molecule has 0 unspecified atom stereocenters. The molecule has 0 saturated carbocycles. The summed E-state index contributed by atoms with van der Waals surface area (Å²) in [4.78, 5) is 4.94. The van der Waals surface area contributed by atoms with Gasteiger partial charge >= 0.3 is 15.5 Å². The number of aromatic nitrogens is 4. The van der Waals surface area contributed by atoms with Crippen molar-refractivity contribution >= 4 is 21.5 Å². The van der Waals surface area contributed by atoms with Crippen molar-refractivity contribution in [3.8, 4) is 22.4 Å². The van der Waals surface area contributed by atoms with Crippen LogP contribution in [0.25, 0.3) is 28.2 Å². The molecule has 0 saturated heterocycles. The zero-order chi connectivity index (χ0) is 28.5. The number of alkyl halides is 3. The van der Waals surface area contributed by atoms with E-state index in [4.69, 9.17) is 10.1 Å². The van der Waals surface area contributed by atoms with Crippen molar-refractivity contribution in [3.63, 3.8) is 0 Å². The summed E-state index contributed by atoms with van der Waals surface area (Å²) in [7, 11) is -5.55. The van der Waals surface area contributed by atoms with Gasteiger partial charge < -0.3 is 0 Å². The fraction of sp³-hybridized carbons (Fsp3) is 0.241. The van der Waals surface area contributed by atoms with Gasteiger partial charge in [-0.2, -0.15) is 26.7 Å². The van der Waals surface area contributed by atoms with Gasteiger partial charge in [-0.15, -0.1) is 0 Å². The lowest BCUT2D eigenvalue weighted by Gasteiger charge is -2.14. The zero-order valence-corrected chi connectivity index (χ0v) is 22.8. The Balaban J connectivity index is 1.48. The van der Waals surface area contributed by atoms with E-state index < -0.39 is 15.5 Å². The van der Waals surface area contributed by atoms with Crippen molar-refractivity contribution in [2.75, 3.05) is 4.72 Å². The number of hydrogen-bond donors (Lipinski definition) is 1. The van der Waals surface area contributed by atoms with E-state index in [-0.39, 0.29) is 5.69 Å². The van der Waals surface area contributed by atoms with Crippen LogP contribution in [0.3, 0.4) is 0 Å². The average Bonchev–Trinajstić information content (AvgIpc) is 3.43. The highest BCUT2D eigenvalue weighted by Crippen LogP contribution is 2.32. The van der Waals surface area contributed by atoms with Crippen molar-refractivity contribution in [1.29, 1.82) is 0 Å². The number of hydrogen-bond acceptors (Lipinski definition) is 4. The third kappa shape index (κ3) is 5.33. The number of imidazole rings is 1. The SMILES string of the molecule is CCCCc1nn2c(C)c(-c3ccccc3)nc2n1Cc1ccc(-c2ccccc2NS(=O)(=O)C(F)(F)F)cc1. The summed E-state index contributed by atoms with van der Waals surface area (Å²) < 4.78 is 68.0. The van der Waals surface area contributed by atoms with Gasteiger partial charge in [0.15, 0.2) is 0 Å². The lowest BCUT2D eigenvalue weighted by molar-refractivity contribution is -0.0429. The van der Waals surface area contributed by atoms with Crippen molar-refractivity contribution in [2.24, 2.45) is 0 Å². The first-order valence-corrected chi connectivity index (χ1v) is 14.3. The molecule has 5 aromatic rings. The number of sulfonamides is 1. The van der Waals surface area contributed by atoms with Crippen LogP contribution in [0.15, 0.2) is 78.9 Å². The Labute approximate surface area is 230 Å². The van der Waals surface area contributed by atoms with Crippen LogP contribution in [0.1, 0.15) is 36.8 Å². The van der Waals surface area contributed by atoms with E-state index in [2.05, 4.69) is 11.5 Å². The molecule has 0 amide bonds. The van der Waals surface area contributed by atoms with E-state index in [1.807, 2.05) is 53.9 Å². The Hall–Kier alpha value is -4.12. The predicted molar refractivity (Wildman–Crippen MR) is 149 cm³/mol. The molecule has 11 heteroatoms. The average molecular weight is 568 g/mol. The fourth-order valence-corrected chi connectivity index (χ4v) is 5.19. The molecule has 0 radical (unpaired) electrons. The minimum absolute atomic E-state index is 0.146. The van der Waals surface area contributed by atoms with E-state index in [1.165, 1.54) is 12.1 Å². The van der Waals surface area contributed by atoms with Gasteiger partial charge in [0, 0.05) is 17.5 Å². The van der Waals surface area contributed by atoms with Crippen LogP contribution < -0.4 is 4.72 Å². The molecule has 0 bridgehead atoms. The highest BCUT2D eigenvalue weighted by molar-refractivity contribution is 7.93. The number of unbranched alkanes of at least 4 members (excludes halogenated alkanes) is 1. The van der Waals surface area contributed by atoms with Crippen molar-refractivity contribution in [1.82, 2.24) is 19.2 Å². The molecule has 208 valence electrons. The minimum Gasteiger partial charge on any atom is -0.292 e. The number of nitrogens with zero attached hydrogens (tertiary/aromatic N) is 4. The Morgan fingerprint density at radius 2 is 1.57 bits per heavy atom. The summed E-state index contributed by atoms with van der Waals surface area (Å²) in [5.41, 5.74) is -0.874. The number of fused-ring (bicyclic) bond motifs is 1. The molecule has 2 heterocycles. The molecule has 40 heavy (non-hydrogen) atoms. The highest BCUT2D eigenvalue weighted by Gasteiger charge is 2.46. The summed E-state index contributed by atoms with van der Waals surface area (Å²) in [6.07, 6.45) is 2.80. The third-order valence-corrected chi connectivity index (χ3v) is 7.81. The maximum Gasteiger partial charge on any atom is 0.516 e. The molecule has 7 nitrogen and oxygen atoms in total. The Morgan fingerprint density at radius 1 is 0.900 bits per heavy atom. The predicted octanol–water partition coefficient (Wildman–Crippen LogP) is 6.83. The van der Waals surface area contributed by atoms with Crippen molar-refractivity contribution in [2.45, 2.75) is 45.2 Å². The lowest BCUT2D eigenvalue weighted by Crippen LogP contribution is -2.30. The molecule has 0 aliphatic heterocycles. The molecular weight excluding hydrogens is 539 g/mol. The molecule has 0 atom stereocenters. The van der Waals surface area contributed by atoms with Gasteiger partial charge in [-0.3, -0.25) is 9.29 Å². The van der Waals surface area contributed by atoms with Crippen LogP contribution in [0.2, 0.25) is 0 Å². The number of nitrogens with one attached hydrogen (secondary N) is 1. The molecule has 0 aliphatic carbocycles. The van der Waals surface area contributed by atoms with E-state index in [0.717, 1.165) is 53.4 Å². The second-order valence-electron chi connectivity index (χ2n) is 9.52. The van der Waals surface area contributed by atoms with Crippen LogP contribution in [-0.4, -0.2) is 33.1 Å². The van der Waals surface area contributed by atoms with Crippen LogP contribution in [0.5, 0.6) is 0 Å². The van der Waals surface area contributed by atoms with E-state index >= 15 is 0 Å². The van der Waals surface area contributed by atoms with Crippen molar-refractivity contribution < 1.29 is 21.6 Å². The summed E-state index contributed by atoms with van der Waals surface area (Å²) in [5, 5.41) is 4.88. The topological polar surface area (TPSA) is 81.3 Å². The second-order valence-corrected chi connectivity index (χ2v) is 11.2. The fourth-order valence-electron chi connectivity index (χ4n) is 4.61. The Morgan fingerprint density at radius 3 is 2.25 bits per heavy atom. The number of para-hydroxylation sites is 1. The van der Waals surface area contributed by atoms with Gasteiger partial charge in [-0.25, -0.2) is 9.50 Å². The molecule has 0 fully saturated rings. The third-order valence-electron chi connectivity index (χ3n) is 6.71. The molecule has 0 spiro atoms. The summed E-state index contributed by atoms with van der Waals surface area (Å²) in [6.45, 7) is 4.63. The van der Waals surface area contributed by atoms with Crippen LogP contribution in [-0.2, 0) is 23.0 Å². The highest BCUT2D eigenvalue weighted by atomic mass is 32.2. The molecular formula is C29H28F3N5O2S. The number of anilines is 1. The molecule has 0 aliphatic rings. The lowest BCUT2D eigenvalue weighted by atomic mass is 10.0. The van der Waals surface area contributed by atoms with Crippen LogP contribution in [0, 0.1) is 6.92 Å². The summed E-state index contributed by atoms with van der Waals surface area (Å²) in [6, 6.07) is 23.2. The maximum atomic E-state index is 13.0. The largest absolute Gasteiger partial charge is 0.516 e. The number of aryl methyl sites for hydroxylation is 2. The molecule has 1 N–H and O–H groups in total.